The van der Waals surface area contributed by atoms with Crippen LogP contribution in [0, 0.1) is 5.82 Å². The van der Waals surface area contributed by atoms with Gasteiger partial charge in [0.15, 0.2) is 17.3 Å². The van der Waals surface area contributed by atoms with Gasteiger partial charge in [0.25, 0.3) is 5.91 Å². The summed E-state index contributed by atoms with van der Waals surface area (Å²) < 4.78 is 55.2. The summed E-state index contributed by atoms with van der Waals surface area (Å²) in [7, 11) is 0. The number of nitrogens with zero attached hydrogens (tertiary/aromatic N) is 1. The van der Waals surface area contributed by atoms with Gasteiger partial charge in [-0.25, -0.2) is 4.39 Å². The Kier molecular flexibility index (Phi) is 7.26. The number of hydrogen-bond acceptors (Lipinski definition) is 5. The first-order valence-electron chi connectivity index (χ1n) is 12.5. The number of aliphatic hydroxyl groups excluding tert-OH is 1. The number of aryl methyl sites for hydroxylation is 1. The van der Waals surface area contributed by atoms with E-state index in [2.05, 4.69) is 5.32 Å². The molecule has 3 aromatic rings. The Hall–Kier alpha value is -3.30. The minimum absolute atomic E-state index is 0.0119. The summed E-state index contributed by atoms with van der Waals surface area (Å²) in [4.78, 5) is 14.7. The Morgan fingerprint density at radius 3 is 2.57 bits per heavy atom. The Morgan fingerprint density at radius 2 is 1.81 bits per heavy atom. The molecule has 2 aliphatic rings. The van der Waals surface area contributed by atoms with E-state index in [0.717, 1.165) is 36.3 Å². The molecule has 0 spiro atoms. The number of nitrogens with one attached hydrogen (secondary N) is 1. The molecule has 2 aliphatic heterocycles. The van der Waals surface area contributed by atoms with E-state index in [9.17, 15) is 23.1 Å². The molecule has 1 saturated heterocycles. The van der Waals surface area contributed by atoms with Gasteiger partial charge in [0.1, 0.15) is 19.3 Å². The summed E-state index contributed by atoms with van der Waals surface area (Å²) in [5, 5.41) is 15.3. The van der Waals surface area contributed by atoms with Crippen LogP contribution < -0.4 is 14.8 Å². The number of carbonyl (C=O) groups excluding carboxylic acids is 1. The highest BCUT2D eigenvalue weighted by molar-refractivity contribution is 5.84. The third kappa shape index (κ3) is 5.67. The zero-order valence-corrected chi connectivity index (χ0v) is 20.3. The number of aliphatic hydroxyl groups is 1. The van der Waals surface area contributed by atoms with Crippen LogP contribution in [0.2, 0.25) is 0 Å². The number of halogens is 3. The number of ether oxygens (including phenoxy) is 2. The van der Waals surface area contributed by atoms with Crippen LogP contribution in [0.1, 0.15) is 30.1 Å². The molecule has 1 fully saturated rings. The van der Waals surface area contributed by atoms with Gasteiger partial charge in [-0.1, -0.05) is 42.5 Å². The van der Waals surface area contributed by atoms with Crippen molar-refractivity contribution in [3.05, 3.63) is 71.5 Å². The Balaban J connectivity index is 1.29. The van der Waals surface area contributed by atoms with Crippen LogP contribution in [0.3, 0.4) is 0 Å². The zero-order valence-electron chi connectivity index (χ0n) is 20.3. The summed E-state index contributed by atoms with van der Waals surface area (Å²) in [6.07, 6.45) is -1.15. The SMILES string of the molecule is O=C(N[C@H](CN1CCC1)[C@@H](O)c1cc(F)c2c(c1)OCCO2)C(F)(F)CCc1ccc2ccccc2c1. The molecule has 3 aromatic carbocycles. The van der Waals surface area contributed by atoms with Crippen molar-refractivity contribution in [3.8, 4) is 11.5 Å². The van der Waals surface area contributed by atoms with Crippen molar-refractivity contribution in [1.29, 1.82) is 0 Å². The maximum absolute atomic E-state index is 15.0. The lowest BCUT2D eigenvalue weighted by atomic mass is 9.98. The van der Waals surface area contributed by atoms with Gasteiger partial charge in [-0.3, -0.25) is 4.79 Å². The number of carbonyl (C=O) groups is 1. The first kappa shape index (κ1) is 25.4. The molecule has 0 unspecified atom stereocenters. The maximum atomic E-state index is 15.0. The second kappa shape index (κ2) is 10.6. The van der Waals surface area contributed by atoms with Gasteiger partial charge < -0.3 is 24.8 Å². The standard InChI is InChI=1S/C28H29F3N2O4/c29-22-15-21(16-24-26(22)37-13-12-36-24)25(34)23(17-33-10-3-11-33)32-27(35)28(30,31)9-8-18-6-7-19-4-1-2-5-20(19)14-18/h1-2,4-7,14-16,23,25,34H,3,8-13,17H2,(H,32,35)/t23-,25+/m1/s1. The first-order valence-corrected chi connectivity index (χ1v) is 12.5. The van der Waals surface area contributed by atoms with E-state index in [4.69, 9.17) is 9.47 Å². The van der Waals surface area contributed by atoms with Crippen LogP contribution in [0.5, 0.6) is 11.5 Å². The average molecular weight is 515 g/mol. The second-order valence-electron chi connectivity index (χ2n) is 9.59. The maximum Gasteiger partial charge on any atom is 0.324 e. The Bertz CT molecular complexity index is 1280. The summed E-state index contributed by atoms with van der Waals surface area (Å²) >= 11 is 0. The lowest BCUT2D eigenvalue weighted by Gasteiger charge is -2.36. The van der Waals surface area contributed by atoms with Crippen LogP contribution in [0.15, 0.2) is 54.6 Å². The molecule has 9 heteroatoms. The van der Waals surface area contributed by atoms with E-state index < -0.39 is 36.2 Å². The topological polar surface area (TPSA) is 71.0 Å². The molecular formula is C28H29F3N2O4. The largest absolute Gasteiger partial charge is 0.486 e. The molecule has 2 heterocycles. The van der Waals surface area contributed by atoms with Crippen LogP contribution in [-0.2, 0) is 11.2 Å². The first-order chi connectivity index (χ1) is 17.8. The van der Waals surface area contributed by atoms with Crippen molar-refractivity contribution in [2.75, 3.05) is 32.8 Å². The second-order valence-corrected chi connectivity index (χ2v) is 9.59. The van der Waals surface area contributed by atoms with E-state index >= 15 is 0 Å². The molecule has 0 saturated carbocycles. The summed E-state index contributed by atoms with van der Waals surface area (Å²) in [6.45, 7) is 2.04. The summed E-state index contributed by atoms with van der Waals surface area (Å²) in [6, 6.07) is 14.6. The summed E-state index contributed by atoms with van der Waals surface area (Å²) in [5.41, 5.74) is 0.821. The van der Waals surface area contributed by atoms with E-state index in [-0.39, 0.29) is 43.2 Å². The molecule has 0 bridgehead atoms. The zero-order chi connectivity index (χ0) is 26.0. The number of rotatable bonds is 9. The van der Waals surface area contributed by atoms with Crippen molar-refractivity contribution in [3.63, 3.8) is 0 Å². The molecule has 5 rings (SSSR count). The van der Waals surface area contributed by atoms with Crippen LogP contribution in [-0.4, -0.2) is 60.7 Å². The van der Waals surface area contributed by atoms with Gasteiger partial charge in [0.05, 0.1) is 6.04 Å². The van der Waals surface area contributed by atoms with E-state index in [0.29, 0.717) is 5.56 Å². The molecular weight excluding hydrogens is 485 g/mol. The van der Waals surface area contributed by atoms with Gasteiger partial charge >= 0.3 is 5.92 Å². The molecule has 1 amide bonds. The minimum Gasteiger partial charge on any atom is -0.486 e. The van der Waals surface area contributed by atoms with Crippen molar-refractivity contribution in [2.24, 2.45) is 0 Å². The molecule has 2 N–H and O–H groups in total. The normalized spacial score (nSPS) is 17.2. The fourth-order valence-electron chi connectivity index (χ4n) is 4.68. The third-order valence-corrected chi connectivity index (χ3v) is 6.94. The monoisotopic (exact) mass is 514 g/mol. The quantitative estimate of drug-likeness (QED) is 0.447. The van der Waals surface area contributed by atoms with Crippen LogP contribution in [0.4, 0.5) is 13.2 Å². The fraction of sp³-hybridized carbons (Fsp3) is 0.393. The average Bonchev–Trinajstić information content (AvgIpc) is 2.88. The Morgan fingerprint density at radius 1 is 1.05 bits per heavy atom. The van der Waals surface area contributed by atoms with Gasteiger partial charge in [-0.05, 0) is 60.0 Å². The lowest BCUT2D eigenvalue weighted by molar-refractivity contribution is -0.148. The third-order valence-electron chi connectivity index (χ3n) is 6.94. The van der Waals surface area contributed by atoms with Crippen molar-refractivity contribution < 1.29 is 32.5 Å². The van der Waals surface area contributed by atoms with E-state index in [1.807, 2.05) is 41.3 Å². The molecule has 0 aliphatic carbocycles. The minimum atomic E-state index is -3.66. The highest BCUT2D eigenvalue weighted by Crippen LogP contribution is 2.36. The fourth-order valence-corrected chi connectivity index (χ4v) is 4.68. The Labute approximate surface area is 213 Å². The van der Waals surface area contributed by atoms with Crippen LogP contribution >= 0.6 is 0 Å². The molecule has 37 heavy (non-hydrogen) atoms. The number of alkyl halides is 2. The smallest absolute Gasteiger partial charge is 0.324 e. The van der Waals surface area contributed by atoms with Gasteiger partial charge in [0, 0.05) is 13.0 Å². The number of likely N-dealkylation sites (tertiary alicyclic amines) is 1. The van der Waals surface area contributed by atoms with E-state index in [1.165, 1.54) is 6.07 Å². The number of benzene rings is 3. The molecule has 0 radical (unpaired) electrons. The lowest BCUT2D eigenvalue weighted by Crippen LogP contribution is -2.54. The summed E-state index contributed by atoms with van der Waals surface area (Å²) in [5.74, 6) is -5.76. The number of hydrogen-bond donors (Lipinski definition) is 2. The highest BCUT2D eigenvalue weighted by atomic mass is 19.3. The van der Waals surface area contributed by atoms with Crippen molar-refractivity contribution >= 4 is 16.7 Å². The molecule has 196 valence electrons. The van der Waals surface area contributed by atoms with Crippen molar-refractivity contribution in [2.45, 2.75) is 37.3 Å². The van der Waals surface area contributed by atoms with Gasteiger partial charge in [-0.15, -0.1) is 0 Å². The predicted octanol–water partition coefficient (Wildman–Crippen LogP) is 4.24. The van der Waals surface area contributed by atoms with Crippen LogP contribution in [0.25, 0.3) is 10.8 Å². The number of amides is 1. The highest BCUT2D eigenvalue weighted by Gasteiger charge is 2.41. The molecule has 2 atom stereocenters. The number of fused-ring (bicyclic) bond motifs is 2. The molecule has 6 nitrogen and oxygen atoms in total. The predicted molar refractivity (Wildman–Crippen MR) is 133 cm³/mol. The molecule has 0 aromatic heterocycles. The van der Waals surface area contributed by atoms with Gasteiger partial charge in [-0.2, -0.15) is 8.78 Å². The van der Waals surface area contributed by atoms with Gasteiger partial charge in [0.2, 0.25) is 0 Å². The van der Waals surface area contributed by atoms with E-state index in [1.54, 1.807) is 6.07 Å². The van der Waals surface area contributed by atoms with Crippen molar-refractivity contribution in [1.82, 2.24) is 10.2 Å².